The Morgan fingerprint density at radius 3 is 2.81 bits per heavy atom. The van der Waals surface area contributed by atoms with Gasteiger partial charge < -0.3 is 15.0 Å². The number of rotatable bonds is 5. The smallest absolute Gasteiger partial charge is 0.249 e. The van der Waals surface area contributed by atoms with Crippen molar-refractivity contribution >= 4 is 5.91 Å². The molecular weight excluding hydrogens is 324 g/mol. The van der Waals surface area contributed by atoms with Gasteiger partial charge in [-0.25, -0.2) is 0 Å². The number of likely N-dealkylation sites (tertiary alicyclic amines) is 1. The molecule has 142 valence electrons. The van der Waals surface area contributed by atoms with Gasteiger partial charge in [0.05, 0.1) is 6.04 Å². The summed E-state index contributed by atoms with van der Waals surface area (Å²) in [5, 5.41) is 3.94. The van der Waals surface area contributed by atoms with E-state index in [1.807, 2.05) is 6.92 Å². The van der Waals surface area contributed by atoms with Crippen molar-refractivity contribution in [2.45, 2.75) is 76.5 Å². The average Bonchev–Trinajstić information content (AvgIpc) is 2.86. The lowest BCUT2D eigenvalue weighted by molar-refractivity contribution is -0.148. The average molecular weight is 357 g/mol. The lowest BCUT2D eigenvalue weighted by Crippen LogP contribution is -2.62. The normalized spacial score (nSPS) is 36.0. The predicted molar refractivity (Wildman–Crippen MR) is 103 cm³/mol. The maximum Gasteiger partial charge on any atom is 0.249 e. The molecule has 0 aromatic heterocycles. The molecule has 26 heavy (non-hydrogen) atoms. The number of fused-ring (bicyclic) bond motifs is 1. The molecule has 2 heterocycles. The van der Waals surface area contributed by atoms with Crippen LogP contribution in [-0.4, -0.2) is 48.2 Å². The Labute approximate surface area is 157 Å². The molecular formula is C22H32N2O2. The fourth-order valence-corrected chi connectivity index (χ4v) is 5.77. The second kappa shape index (κ2) is 7.32. The Hall–Kier alpha value is -1.39. The quantitative estimate of drug-likeness (QED) is 0.881. The van der Waals surface area contributed by atoms with Crippen LogP contribution in [0.15, 0.2) is 30.3 Å². The largest absolute Gasteiger partial charge is 0.372 e. The lowest BCUT2D eigenvalue weighted by Gasteiger charge is -2.51. The first-order valence-electron chi connectivity index (χ1n) is 10.3. The van der Waals surface area contributed by atoms with E-state index in [1.54, 1.807) is 0 Å². The zero-order chi connectivity index (χ0) is 18.1. The molecule has 0 spiro atoms. The predicted octanol–water partition coefficient (Wildman–Crippen LogP) is 3.16. The summed E-state index contributed by atoms with van der Waals surface area (Å²) in [7, 11) is 0. The van der Waals surface area contributed by atoms with Crippen molar-refractivity contribution in [1.29, 1.82) is 0 Å². The van der Waals surface area contributed by atoms with Crippen molar-refractivity contribution in [1.82, 2.24) is 10.2 Å². The van der Waals surface area contributed by atoms with Gasteiger partial charge in [0.25, 0.3) is 0 Å². The highest BCUT2D eigenvalue weighted by atomic mass is 16.5. The first-order chi connectivity index (χ1) is 12.6. The van der Waals surface area contributed by atoms with Crippen molar-refractivity contribution in [3.8, 4) is 0 Å². The molecule has 3 fully saturated rings. The van der Waals surface area contributed by atoms with Crippen molar-refractivity contribution < 1.29 is 9.53 Å². The summed E-state index contributed by atoms with van der Waals surface area (Å²) >= 11 is 0. The van der Waals surface area contributed by atoms with Crippen LogP contribution in [0.25, 0.3) is 0 Å². The Balaban J connectivity index is 1.67. The Kier molecular flexibility index (Phi) is 5.07. The van der Waals surface area contributed by atoms with E-state index >= 15 is 0 Å². The van der Waals surface area contributed by atoms with Crippen LogP contribution < -0.4 is 5.32 Å². The molecule has 0 radical (unpaired) electrons. The Morgan fingerprint density at radius 1 is 1.27 bits per heavy atom. The first-order valence-corrected chi connectivity index (χ1v) is 10.3. The number of hydrogen-bond donors (Lipinski definition) is 1. The Morgan fingerprint density at radius 2 is 2.04 bits per heavy atom. The van der Waals surface area contributed by atoms with Crippen LogP contribution in [0.2, 0.25) is 0 Å². The Bertz CT molecular complexity index is 634. The molecule has 1 aromatic rings. The highest BCUT2D eigenvalue weighted by Gasteiger charge is 2.59. The number of ether oxygens (including phenoxy) is 1. The molecule has 4 rings (SSSR count). The monoisotopic (exact) mass is 356 g/mol. The van der Waals surface area contributed by atoms with Gasteiger partial charge in [0.15, 0.2) is 0 Å². The van der Waals surface area contributed by atoms with Crippen LogP contribution in [0.5, 0.6) is 0 Å². The molecule has 4 heteroatoms. The first kappa shape index (κ1) is 18.0. The van der Waals surface area contributed by atoms with E-state index in [4.69, 9.17) is 4.74 Å². The van der Waals surface area contributed by atoms with Gasteiger partial charge in [-0.2, -0.15) is 0 Å². The second-order valence-corrected chi connectivity index (χ2v) is 8.53. The van der Waals surface area contributed by atoms with Gasteiger partial charge in [-0.15, -0.1) is 0 Å². The van der Waals surface area contributed by atoms with Gasteiger partial charge in [-0.05, 0) is 38.2 Å². The van der Waals surface area contributed by atoms with E-state index in [1.165, 1.54) is 31.2 Å². The van der Waals surface area contributed by atoms with Gasteiger partial charge in [0.1, 0.15) is 6.61 Å². The summed E-state index contributed by atoms with van der Waals surface area (Å²) in [6.07, 6.45) is 6.99. The van der Waals surface area contributed by atoms with Gasteiger partial charge in [-0.3, -0.25) is 4.79 Å². The standard InChI is InChI=1S/C22H32N2O2/c1-3-26-15-21(25)24-18(13-16-9-5-4-6-10-16)17-14-22(2)19(23-17)11-7-8-12-20(22)24/h4-6,9-10,17-20,23H,3,7-8,11-15H2,1-2H3/t17-,18-,19-,20+,22-/m0/s1. The number of piperidine rings is 1. The highest BCUT2D eigenvalue weighted by Crippen LogP contribution is 2.51. The summed E-state index contributed by atoms with van der Waals surface area (Å²) in [4.78, 5) is 15.4. The molecule has 1 aliphatic carbocycles. The summed E-state index contributed by atoms with van der Waals surface area (Å²) in [5.74, 6) is 0.179. The van der Waals surface area contributed by atoms with Gasteiger partial charge in [0.2, 0.25) is 5.91 Å². The minimum absolute atomic E-state index is 0.179. The van der Waals surface area contributed by atoms with E-state index < -0.39 is 0 Å². The van der Waals surface area contributed by atoms with Crippen LogP contribution in [-0.2, 0) is 16.0 Å². The van der Waals surface area contributed by atoms with E-state index in [-0.39, 0.29) is 24.0 Å². The third-order valence-electron chi connectivity index (χ3n) is 7.02. The molecule has 5 atom stereocenters. The van der Waals surface area contributed by atoms with E-state index in [0.29, 0.717) is 24.7 Å². The zero-order valence-corrected chi connectivity index (χ0v) is 16.1. The van der Waals surface area contributed by atoms with Crippen LogP contribution in [0.1, 0.15) is 51.5 Å². The fourth-order valence-electron chi connectivity index (χ4n) is 5.77. The number of nitrogens with zero attached hydrogens (tertiary/aromatic N) is 1. The van der Waals surface area contributed by atoms with Crippen molar-refractivity contribution in [2.24, 2.45) is 5.41 Å². The molecule has 1 saturated carbocycles. The van der Waals surface area contributed by atoms with Crippen LogP contribution in [0.4, 0.5) is 0 Å². The highest BCUT2D eigenvalue weighted by molar-refractivity contribution is 5.78. The van der Waals surface area contributed by atoms with Crippen LogP contribution in [0, 0.1) is 5.41 Å². The van der Waals surface area contributed by atoms with Crippen molar-refractivity contribution in [3.05, 3.63) is 35.9 Å². The molecule has 2 bridgehead atoms. The molecule has 1 N–H and O–H groups in total. The second-order valence-electron chi connectivity index (χ2n) is 8.53. The molecule has 2 saturated heterocycles. The number of carbonyl (C=O) groups excluding carboxylic acids is 1. The zero-order valence-electron chi connectivity index (χ0n) is 16.1. The number of hydrogen-bond acceptors (Lipinski definition) is 3. The van der Waals surface area contributed by atoms with Gasteiger partial charge in [0, 0.05) is 30.1 Å². The van der Waals surface area contributed by atoms with Crippen LogP contribution >= 0.6 is 0 Å². The lowest BCUT2D eigenvalue weighted by atomic mass is 9.69. The number of carbonyl (C=O) groups is 1. The third-order valence-corrected chi connectivity index (χ3v) is 7.02. The number of amides is 1. The molecule has 1 aromatic carbocycles. The van der Waals surface area contributed by atoms with Crippen molar-refractivity contribution in [2.75, 3.05) is 13.2 Å². The summed E-state index contributed by atoms with van der Waals surface area (Å²) in [6.45, 7) is 5.18. The maximum absolute atomic E-state index is 13.2. The summed E-state index contributed by atoms with van der Waals surface area (Å²) < 4.78 is 5.53. The SMILES string of the molecule is CCOCC(=O)N1[C@@H](Cc2ccccc2)[C@@H]2C[C@@]3(C)[C@H](CCCC[C@@H]13)N2. The molecule has 3 aliphatic rings. The van der Waals surface area contributed by atoms with Crippen LogP contribution in [0.3, 0.4) is 0 Å². The summed E-state index contributed by atoms with van der Waals surface area (Å²) in [6, 6.07) is 12.1. The van der Waals surface area contributed by atoms with Gasteiger partial charge >= 0.3 is 0 Å². The summed E-state index contributed by atoms with van der Waals surface area (Å²) in [5.41, 5.74) is 1.52. The van der Waals surface area contributed by atoms with E-state index in [2.05, 4.69) is 47.5 Å². The molecule has 0 unspecified atom stereocenters. The molecule has 2 aliphatic heterocycles. The molecule has 1 amide bonds. The molecule has 4 nitrogen and oxygen atoms in total. The van der Waals surface area contributed by atoms with E-state index in [0.717, 1.165) is 12.8 Å². The van der Waals surface area contributed by atoms with Crippen molar-refractivity contribution in [3.63, 3.8) is 0 Å². The third kappa shape index (κ3) is 3.07. The van der Waals surface area contributed by atoms with E-state index in [9.17, 15) is 4.79 Å². The number of nitrogens with one attached hydrogen (secondary N) is 1. The topological polar surface area (TPSA) is 41.6 Å². The minimum atomic E-state index is 0.179. The minimum Gasteiger partial charge on any atom is -0.372 e. The van der Waals surface area contributed by atoms with Gasteiger partial charge in [-0.1, -0.05) is 50.1 Å². The maximum atomic E-state index is 13.2. The number of benzene rings is 1. The fraction of sp³-hybridized carbons (Fsp3) is 0.682.